The van der Waals surface area contributed by atoms with Crippen LogP contribution >= 0.6 is 11.3 Å². The van der Waals surface area contributed by atoms with Crippen LogP contribution in [0.3, 0.4) is 0 Å². The second-order valence-electron chi connectivity index (χ2n) is 12.9. The second kappa shape index (κ2) is 10.6. The standard InChI is InChI=1S/C46H28N2OS/c1-2-12-30(13-3-1)48-39-18-8-6-15-34(39)37-17-10-19-40(46(37)48)47(32-22-24-36-35-16-7-9-20-43(35)50-44(36)28-32)31-23-26-41-38(27-31)45-33-14-5-4-11-29(33)21-25-42(45)49-41/h1-28H. The first kappa shape index (κ1) is 27.6. The molecule has 11 aromatic rings. The number of hydrogen-bond donors (Lipinski definition) is 0. The lowest BCUT2D eigenvalue weighted by molar-refractivity contribution is 0.669. The summed E-state index contributed by atoms with van der Waals surface area (Å²) in [5.41, 5.74) is 8.57. The summed E-state index contributed by atoms with van der Waals surface area (Å²) >= 11 is 1.85. The summed E-state index contributed by atoms with van der Waals surface area (Å²) in [5, 5.41) is 9.70. The third-order valence-electron chi connectivity index (χ3n) is 10.2. The summed E-state index contributed by atoms with van der Waals surface area (Å²) in [6.07, 6.45) is 0. The number of nitrogens with zero attached hydrogens (tertiary/aromatic N) is 2. The molecule has 234 valence electrons. The quantitative estimate of drug-likeness (QED) is 0.188. The molecular formula is C46H28N2OS. The zero-order chi connectivity index (χ0) is 32.8. The summed E-state index contributed by atoms with van der Waals surface area (Å²) in [7, 11) is 0. The minimum Gasteiger partial charge on any atom is -0.456 e. The Morgan fingerprint density at radius 2 is 1.16 bits per heavy atom. The van der Waals surface area contributed by atoms with Crippen LogP contribution in [-0.4, -0.2) is 4.57 Å². The Morgan fingerprint density at radius 3 is 2.08 bits per heavy atom. The highest BCUT2D eigenvalue weighted by Gasteiger charge is 2.23. The van der Waals surface area contributed by atoms with Crippen LogP contribution in [0.15, 0.2) is 174 Å². The average molecular weight is 657 g/mol. The highest BCUT2D eigenvalue weighted by Crippen LogP contribution is 2.46. The molecule has 0 saturated carbocycles. The second-order valence-corrected chi connectivity index (χ2v) is 14.0. The SMILES string of the molecule is c1ccc(-n2c3ccccc3c3cccc(N(c4ccc5c(c4)sc4ccccc45)c4ccc5oc6ccc7ccccc7c6c5c4)c32)cc1. The summed E-state index contributed by atoms with van der Waals surface area (Å²) in [5.74, 6) is 0. The molecule has 3 heterocycles. The first-order valence-electron chi connectivity index (χ1n) is 16.9. The predicted octanol–water partition coefficient (Wildman–Crippen LogP) is 13.7. The van der Waals surface area contributed by atoms with Crippen molar-refractivity contribution in [1.82, 2.24) is 4.57 Å². The van der Waals surface area contributed by atoms with E-state index in [1.54, 1.807) is 0 Å². The molecule has 0 aliphatic rings. The summed E-state index contributed by atoms with van der Waals surface area (Å²) < 4.78 is 11.5. The molecule has 0 unspecified atom stereocenters. The minimum atomic E-state index is 0.886. The van der Waals surface area contributed by atoms with E-state index < -0.39 is 0 Å². The monoisotopic (exact) mass is 656 g/mol. The van der Waals surface area contributed by atoms with E-state index in [1.807, 2.05) is 11.3 Å². The van der Waals surface area contributed by atoms with Crippen LogP contribution in [-0.2, 0) is 0 Å². The van der Waals surface area contributed by atoms with Gasteiger partial charge in [-0.25, -0.2) is 0 Å². The predicted molar refractivity (Wildman–Crippen MR) is 213 cm³/mol. The van der Waals surface area contributed by atoms with E-state index in [1.165, 1.54) is 52.8 Å². The van der Waals surface area contributed by atoms with E-state index in [2.05, 4.69) is 179 Å². The van der Waals surface area contributed by atoms with Gasteiger partial charge in [0.25, 0.3) is 0 Å². The van der Waals surface area contributed by atoms with E-state index in [4.69, 9.17) is 4.42 Å². The maximum atomic E-state index is 6.46. The first-order valence-corrected chi connectivity index (χ1v) is 17.7. The van der Waals surface area contributed by atoms with Crippen molar-refractivity contribution in [3.05, 3.63) is 170 Å². The van der Waals surface area contributed by atoms with Gasteiger partial charge in [0.1, 0.15) is 11.2 Å². The highest BCUT2D eigenvalue weighted by molar-refractivity contribution is 7.25. The molecule has 0 spiro atoms. The van der Waals surface area contributed by atoms with E-state index in [0.717, 1.165) is 44.7 Å². The number of rotatable bonds is 4. The third kappa shape index (κ3) is 3.97. The Balaban J connectivity index is 1.25. The van der Waals surface area contributed by atoms with Crippen molar-refractivity contribution < 1.29 is 4.42 Å². The van der Waals surface area contributed by atoms with Crippen LogP contribution < -0.4 is 4.90 Å². The topological polar surface area (TPSA) is 21.3 Å². The molecule has 0 N–H and O–H groups in total. The number of aromatic nitrogens is 1. The maximum Gasteiger partial charge on any atom is 0.136 e. The lowest BCUT2D eigenvalue weighted by Gasteiger charge is -2.27. The van der Waals surface area contributed by atoms with Crippen LogP contribution in [0, 0.1) is 0 Å². The Bertz CT molecular complexity index is 3110. The molecule has 0 aliphatic heterocycles. The molecule has 0 fully saturated rings. The third-order valence-corrected chi connectivity index (χ3v) is 11.3. The molecule has 50 heavy (non-hydrogen) atoms. The van der Waals surface area contributed by atoms with E-state index in [0.29, 0.717) is 0 Å². The zero-order valence-electron chi connectivity index (χ0n) is 26.9. The molecule has 3 aromatic heterocycles. The summed E-state index contributed by atoms with van der Waals surface area (Å²) in [6, 6.07) is 61.3. The molecule has 0 aliphatic carbocycles. The van der Waals surface area contributed by atoms with Gasteiger partial charge in [0.05, 0.1) is 16.7 Å². The molecule has 4 heteroatoms. The van der Waals surface area contributed by atoms with Gasteiger partial charge in [0.2, 0.25) is 0 Å². The average Bonchev–Trinajstić information content (AvgIpc) is 3.85. The van der Waals surface area contributed by atoms with Gasteiger partial charge in [0, 0.05) is 58.8 Å². The largest absolute Gasteiger partial charge is 0.456 e. The molecule has 11 rings (SSSR count). The first-order chi connectivity index (χ1) is 24.8. The molecule has 0 amide bonds. The van der Waals surface area contributed by atoms with Gasteiger partial charge in [-0.3, -0.25) is 0 Å². The Morgan fingerprint density at radius 1 is 0.460 bits per heavy atom. The van der Waals surface area contributed by atoms with Crippen molar-refractivity contribution in [2.75, 3.05) is 4.90 Å². The van der Waals surface area contributed by atoms with Crippen molar-refractivity contribution in [3.63, 3.8) is 0 Å². The van der Waals surface area contributed by atoms with Gasteiger partial charge in [-0.1, -0.05) is 103 Å². The molecule has 0 bridgehead atoms. The molecule has 0 radical (unpaired) electrons. The number of hydrogen-bond acceptors (Lipinski definition) is 3. The molecule has 0 saturated heterocycles. The number of fused-ring (bicyclic) bond motifs is 11. The summed E-state index contributed by atoms with van der Waals surface area (Å²) in [6.45, 7) is 0. The fraction of sp³-hybridized carbons (Fsp3) is 0. The van der Waals surface area contributed by atoms with Gasteiger partial charge in [0.15, 0.2) is 0 Å². The zero-order valence-corrected chi connectivity index (χ0v) is 27.7. The van der Waals surface area contributed by atoms with Crippen molar-refractivity contribution in [1.29, 1.82) is 0 Å². The van der Waals surface area contributed by atoms with Gasteiger partial charge >= 0.3 is 0 Å². The summed E-state index contributed by atoms with van der Waals surface area (Å²) in [4.78, 5) is 2.44. The number of benzene rings is 8. The fourth-order valence-corrected chi connectivity index (χ4v) is 9.12. The van der Waals surface area contributed by atoms with E-state index in [9.17, 15) is 0 Å². The van der Waals surface area contributed by atoms with Crippen molar-refractivity contribution in [3.8, 4) is 5.69 Å². The lowest BCUT2D eigenvalue weighted by Crippen LogP contribution is -2.11. The normalized spacial score (nSPS) is 12.0. The van der Waals surface area contributed by atoms with Gasteiger partial charge in [-0.15, -0.1) is 11.3 Å². The maximum absolute atomic E-state index is 6.46. The number of para-hydroxylation sites is 3. The van der Waals surface area contributed by atoms with Crippen LogP contribution in [0.25, 0.3) is 80.4 Å². The van der Waals surface area contributed by atoms with Crippen molar-refractivity contribution in [2.45, 2.75) is 0 Å². The molecule has 3 nitrogen and oxygen atoms in total. The van der Waals surface area contributed by atoms with E-state index in [-0.39, 0.29) is 0 Å². The minimum absolute atomic E-state index is 0.886. The molecular weight excluding hydrogens is 629 g/mol. The Hall–Kier alpha value is -6.36. The number of furan rings is 1. The molecule has 8 aromatic carbocycles. The van der Waals surface area contributed by atoms with Gasteiger partial charge in [-0.2, -0.15) is 0 Å². The number of thiophene rings is 1. The molecule has 0 atom stereocenters. The van der Waals surface area contributed by atoms with Crippen LogP contribution in [0.5, 0.6) is 0 Å². The van der Waals surface area contributed by atoms with Crippen molar-refractivity contribution in [2.24, 2.45) is 0 Å². The van der Waals surface area contributed by atoms with Gasteiger partial charge < -0.3 is 13.9 Å². The smallest absolute Gasteiger partial charge is 0.136 e. The van der Waals surface area contributed by atoms with Gasteiger partial charge in [-0.05, 0) is 77.5 Å². The van der Waals surface area contributed by atoms with Crippen LogP contribution in [0.4, 0.5) is 17.1 Å². The Kier molecular flexibility index (Phi) is 5.83. The van der Waals surface area contributed by atoms with Crippen molar-refractivity contribution >= 4 is 103 Å². The highest BCUT2D eigenvalue weighted by atomic mass is 32.1. The lowest BCUT2D eigenvalue weighted by atomic mass is 10.0. The number of anilines is 3. The van der Waals surface area contributed by atoms with Crippen LogP contribution in [0.1, 0.15) is 0 Å². The fourth-order valence-electron chi connectivity index (χ4n) is 7.98. The van der Waals surface area contributed by atoms with E-state index >= 15 is 0 Å². The van der Waals surface area contributed by atoms with Crippen LogP contribution in [0.2, 0.25) is 0 Å². The Labute approximate surface area is 291 Å².